The van der Waals surface area contributed by atoms with Crippen molar-refractivity contribution in [2.45, 2.75) is 0 Å². The number of hydrogen-bond acceptors (Lipinski definition) is 4. The van der Waals surface area contributed by atoms with Gasteiger partial charge in [0.05, 0.1) is 4.92 Å². The lowest BCUT2D eigenvalue weighted by atomic mass is 10.3. The molecule has 0 saturated carbocycles. The summed E-state index contributed by atoms with van der Waals surface area (Å²) in [6, 6.07) is 1.04. The number of nitrogens with zero attached hydrogens (tertiary/aromatic N) is 2. The minimum absolute atomic E-state index is 0.461. The highest BCUT2D eigenvalue weighted by Crippen LogP contribution is 2.20. The summed E-state index contributed by atoms with van der Waals surface area (Å²) in [5.74, 6) is -1.01. The van der Waals surface area contributed by atoms with Gasteiger partial charge in [-0.3, -0.25) is 10.1 Å². The highest BCUT2D eigenvalue weighted by molar-refractivity contribution is 5.56. The number of nitrogens with two attached hydrogens (primary N) is 1. The summed E-state index contributed by atoms with van der Waals surface area (Å²) in [4.78, 5) is 12.5. The van der Waals surface area contributed by atoms with Gasteiger partial charge in [-0.25, -0.2) is 4.98 Å². The molecule has 0 radical (unpaired) electrons. The SMILES string of the molecule is Nc1c([N+](=O)[O-])ccnc1F. The second kappa shape index (κ2) is 2.49. The first-order valence-corrected chi connectivity index (χ1v) is 2.67. The lowest BCUT2D eigenvalue weighted by Gasteiger charge is -1.94. The van der Waals surface area contributed by atoms with Gasteiger partial charge in [-0.1, -0.05) is 0 Å². The van der Waals surface area contributed by atoms with Crippen molar-refractivity contribution in [3.8, 4) is 0 Å². The monoisotopic (exact) mass is 157 g/mol. The van der Waals surface area contributed by atoms with E-state index in [1.807, 2.05) is 0 Å². The largest absolute Gasteiger partial charge is 0.389 e. The first-order chi connectivity index (χ1) is 5.13. The molecule has 0 aromatic carbocycles. The summed E-state index contributed by atoms with van der Waals surface area (Å²) in [7, 11) is 0. The van der Waals surface area contributed by atoms with Gasteiger partial charge in [-0.05, 0) is 0 Å². The summed E-state index contributed by atoms with van der Waals surface area (Å²) in [5.41, 5.74) is 4.01. The molecule has 0 spiro atoms. The third-order valence-corrected chi connectivity index (χ3v) is 1.12. The van der Waals surface area contributed by atoms with Gasteiger partial charge >= 0.3 is 0 Å². The van der Waals surface area contributed by atoms with E-state index in [1.54, 1.807) is 0 Å². The summed E-state index contributed by atoms with van der Waals surface area (Å²) in [5, 5.41) is 10.1. The number of anilines is 1. The van der Waals surface area contributed by atoms with E-state index >= 15 is 0 Å². The van der Waals surface area contributed by atoms with E-state index in [2.05, 4.69) is 4.98 Å². The Bertz CT molecular complexity index is 302. The molecular formula is C5H4FN3O2. The summed E-state index contributed by atoms with van der Waals surface area (Å²) >= 11 is 0. The van der Waals surface area contributed by atoms with E-state index in [4.69, 9.17) is 5.73 Å². The van der Waals surface area contributed by atoms with E-state index < -0.39 is 22.2 Å². The lowest BCUT2D eigenvalue weighted by Crippen LogP contribution is -1.99. The van der Waals surface area contributed by atoms with Crippen LogP contribution >= 0.6 is 0 Å². The van der Waals surface area contributed by atoms with Crippen LogP contribution in [0.1, 0.15) is 0 Å². The normalized spacial score (nSPS) is 9.55. The number of halogens is 1. The van der Waals surface area contributed by atoms with Crippen molar-refractivity contribution < 1.29 is 9.31 Å². The zero-order valence-electron chi connectivity index (χ0n) is 5.32. The summed E-state index contributed by atoms with van der Waals surface area (Å²) in [6.45, 7) is 0. The van der Waals surface area contributed by atoms with Gasteiger partial charge in [0.15, 0.2) is 5.69 Å². The van der Waals surface area contributed by atoms with Gasteiger partial charge in [0, 0.05) is 12.3 Å². The highest BCUT2D eigenvalue weighted by Gasteiger charge is 2.14. The zero-order chi connectivity index (χ0) is 8.43. The average molecular weight is 157 g/mol. The number of nitrogen functional groups attached to an aromatic ring is 1. The molecule has 1 heterocycles. The lowest BCUT2D eigenvalue weighted by molar-refractivity contribution is -0.384. The van der Waals surface area contributed by atoms with Gasteiger partial charge in [0.2, 0.25) is 5.95 Å². The van der Waals surface area contributed by atoms with Crippen molar-refractivity contribution in [1.29, 1.82) is 0 Å². The standard InChI is InChI=1S/C5H4FN3O2/c6-5-4(7)3(9(10)11)1-2-8-5/h1-2H,7H2. The van der Waals surface area contributed by atoms with E-state index in [0.29, 0.717) is 0 Å². The van der Waals surface area contributed by atoms with Crippen LogP contribution in [-0.4, -0.2) is 9.91 Å². The summed E-state index contributed by atoms with van der Waals surface area (Å²) < 4.78 is 12.4. The average Bonchev–Trinajstić information content (AvgIpc) is 1.94. The van der Waals surface area contributed by atoms with Crippen LogP contribution in [-0.2, 0) is 0 Å². The van der Waals surface area contributed by atoms with Crippen LogP contribution < -0.4 is 5.73 Å². The Labute approximate surface area is 60.8 Å². The van der Waals surface area contributed by atoms with E-state index in [-0.39, 0.29) is 0 Å². The minimum atomic E-state index is -1.01. The molecule has 11 heavy (non-hydrogen) atoms. The number of aromatic nitrogens is 1. The fourth-order valence-electron chi connectivity index (χ4n) is 0.598. The van der Waals surface area contributed by atoms with Crippen molar-refractivity contribution in [1.82, 2.24) is 4.98 Å². The third-order valence-electron chi connectivity index (χ3n) is 1.12. The topological polar surface area (TPSA) is 82.0 Å². The van der Waals surface area contributed by atoms with Gasteiger partial charge in [0.25, 0.3) is 5.69 Å². The Morgan fingerprint density at radius 3 is 2.82 bits per heavy atom. The van der Waals surface area contributed by atoms with Crippen molar-refractivity contribution in [3.05, 3.63) is 28.3 Å². The molecule has 1 rings (SSSR count). The molecule has 2 N–H and O–H groups in total. The van der Waals surface area contributed by atoms with Gasteiger partial charge in [-0.15, -0.1) is 0 Å². The van der Waals surface area contributed by atoms with Crippen molar-refractivity contribution in [2.24, 2.45) is 0 Å². The van der Waals surface area contributed by atoms with Crippen LogP contribution in [0.5, 0.6) is 0 Å². The van der Waals surface area contributed by atoms with Crippen LogP contribution in [0.2, 0.25) is 0 Å². The fourth-order valence-corrected chi connectivity index (χ4v) is 0.598. The second-order valence-electron chi connectivity index (χ2n) is 1.79. The van der Waals surface area contributed by atoms with Crippen LogP contribution in [0.3, 0.4) is 0 Å². The van der Waals surface area contributed by atoms with E-state index in [1.165, 1.54) is 0 Å². The number of rotatable bonds is 1. The van der Waals surface area contributed by atoms with Gasteiger partial charge in [-0.2, -0.15) is 4.39 Å². The fraction of sp³-hybridized carbons (Fsp3) is 0. The molecular weight excluding hydrogens is 153 g/mol. The molecule has 0 saturated heterocycles. The Kier molecular flexibility index (Phi) is 1.67. The zero-order valence-corrected chi connectivity index (χ0v) is 5.32. The molecule has 0 aliphatic carbocycles. The predicted octanol–water partition coefficient (Wildman–Crippen LogP) is 0.711. The van der Waals surface area contributed by atoms with Gasteiger partial charge in [0.1, 0.15) is 0 Å². The maximum atomic E-state index is 12.4. The molecule has 1 aromatic rings. The van der Waals surface area contributed by atoms with Crippen LogP contribution in [0, 0.1) is 16.1 Å². The quantitative estimate of drug-likeness (QED) is 0.369. The van der Waals surface area contributed by atoms with Crippen LogP contribution in [0.25, 0.3) is 0 Å². The number of hydrogen-bond donors (Lipinski definition) is 1. The number of pyridine rings is 1. The molecule has 0 aliphatic rings. The Hall–Kier alpha value is -1.72. The summed E-state index contributed by atoms with van der Waals surface area (Å²) in [6.07, 6.45) is 0.990. The molecule has 1 aromatic heterocycles. The van der Waals surface area contributed by atoms with Crippen molar-refractivity contribution in [2.75, 3.05) is 5.73 Å². The molecule has 0 unspecified atom stereocenters. The number of nitro groups is 1. The highest BCUT2D eigenvalue weighted by atomic mass is 19.1. The van der Waals surface area contributed by atoms with E-state index in [0.717, 1.165) is 12.3 Å². The first-order valence-electron chi connectivity index (χ1n) is 2.67. The van der Waals surface area contributed by atoms with Crippen LogP contribution in [0.4, 0.5) is 15.8 Å². The molecule has 5 nitrogen and oxygen atoms in total. The van der Waals surface area contributed by atoms with Crippen molar-refractivity contribution >= 4 is 11.4 Å². The third kappa shape index (κ3) is 1.23. The Balaban J connectivity index is 3.27. The Morgan fingerprint density at radius 1 is 1.73 bits per heavy atom. The van der Waals surface area contributed by atoms with E-state index in [9.17, 15) is 14.5 Å². The molecule has 0 bridgehead atoms. The predicted molar refractivity (Wildman–Crippen MR) is 35.3 cm³/mol. The first kappa shape index (κ1) is 7.39. The van der Waals surface area contributed by atoms with Gasteiger partial charge < -0.3 is 5.73 Å². The molecule has 0 amide bonds. The maximum absolute atomic E-state index is 12.4. The van der Waals surface area contributed by atoms with Crippen molar-refractivity contribution in [3.63, 3.8) is 0 Å². The molecule has 0 fully saturated rings. The molecule has 0 atom stereocenters. The Morgan fingerprint density at radius 2 is 2.36 bits per heavy atom. The molecule has 6 heteroatoms. The molecule has 58 valence electrons. The minimum Gasteiger partial charge on any atom is -0.389 e. The van der Waals surface area contributed by atoms with Crippen LogP contribution in [0.15, 0.2) is 12.3 Å². The maximum Gasteiger partial charge on any atom is 0.298 e. The molecule has 0 aliphatic heterocycles. The second-order valence-corrected chi connectivity index (χ2v) is 1.79. The smallest absolute Gasteiger partial charge is 0.298 e.